The molecule has 0 aromatic rings. The summed E-state index contributed by atoms with van der Waals surface area (Å²) < 4.78 is 9.81. The number of hydrogen-bond donors (Lipinski definition) is 1. The molecule has 2 atom stereocenters. The first-order chi connectivity index (χ1) is 6.76. The van der Waals surface area contributed by atoms with E-state index in [1.165, 1.54) is 7.11 Å². The van der Waals surface area contributed by atoms with Gasteiger partial charge in [0.15, 0.2) is 0 Å². The van der Waals surface area contributed by atoms with Crippen molar-refractivity contribution < 1.29 is 14.3 Å². The molecular formula is C10H19NO3. The van der Waals surface area contributed by atoms with Crippen molar-refractivity contribution >= 4 is 5.97 Å². The predicted molar refractivity (Wildman–Crippen MR) is 53.1 cm³/mol. The first-order valence-corrected chi connectivity index (χ1v) is 5.09. The van der Waals surface area contributed by atoms with Gasteiger partial charge in [-0.15, -0.1) is 0 Å². The summed E-state index contributed by atoms with van der Waals surface area (Å²) in [4.78, 5) is 10.8. The van der Waals surface area contributed by atoms with Crippen LogP contribution in [0.4, 0.5) is 0 Å². The average Bonchev–Trinajstić information content (AvgIpc) is 2.65. The first kappa shape index (κ1) is 11.5. The molecule has 1 rings (SSSR count). The van der Waals surface area contributed by atoms with E-state index in [4.69, 9.17) is 4.74 Å². The molecular weight excluding hydrogens is 182 g/mol. The highest BCUT2D eigenvalue weighted by Gasteiger charge is 2.23. The molecule has 0 aliphatic heterocycles. The van der Waals surface area contributed by atoms with Gasteiger partial charge in [-0.05, 0) is 19.3 Å². The number of ether oxygens (including phenoxy) is 2. The van der Waals surface area contributed by atoms with Crippen LogP contribution < -0.4 is 5.32 Å². The lowest BCUT2D eigenvalue weighted by molar-refractivity contribution is -0.140. The Morgan fingerprint density at radius 3 is 2.79 bits per heavy atom. The highest BCUT2D eigenvalue weighted by Crippen LogP contribution is 2.21. The zero-order valence-corrected chi connectivity index (χ0v) is 8.91. The zero-order valence-electron chi connectivity index (χ0n) is 8.91. The highest BCUT2D eigenvalue weighted by molar-refractivity contribution is 5.69. The molecule has 14 heavy (non-hydrogen) atoms. The van der Waals surface area contributed by atoms with Gasteiger partial charge in [-0.2, -0.15) is 0 Å². The number of rotatable bonds is 5. The molecule has 4 heteroatoms. The molecule has 0 heterocycles. The van der Waals surface area contributed by atoms with Gasteiger partial charge in [-0.1, -0.05) is 0 Å². The Labute approximate surface area is 85.0 Å². The summed E-state index contributed by atoms with van der Waals surface area (Å²) >= 11 is 0. The van der Waals surface area contributed by atoms with E-state index in [2.05, 4.69) is 10.1 Å². The molecule has 0 bridgehead atoms. The Morgan fingerprint density at radius 2 is 2.21 bits per heavy atom. The second-order valence-corrected chi connectivity index (χ2v) is 3.65. The maximum atomic E-state index is 10.8. The number of hydrogen-bond acceptors (Lipinski definition) is 4. The van der Waals surface area contributed by atoms with E-state index >= 15 is 0 Å². The van der Waals surface area contributed by atoms with Gasteiger partial charge in [-0.25, -0.2) is 0 Å². The fraction of sp³-hybridized carbons (Fsp3) is 0.900. The van der Waals surface area contributed by atoms with Crippen LogP contribution in [0.2, 0.25) is 0 Å². The fourth-order valence-electron chi connectivity index (χ4n) is 1.82. The van der Waals surface area contributed by atoms with Crippen LogP contribution >= 0.6 is 0 Å². The van der Waals surface area contributed by atoms with Gasteiger partial charge in [0, 0.05) is 19.7 Å². The molecule has 0 amide bonds. The minimum atomic E-state index is -0.154. The normalized spacial score (nSPS) is 26.4. The quantitative estimate of drug-likeness (QED) is 0.665. The van der Waals surface area contributed by atoms with Gasteiger partial charge >= 0.3 is 5.97 Å². The van der Waals surface area contributed by atoms with Crippen molar-refractivity contribution in [2.24, 2.45) is 0 Å². The van der Waals surface area contributed by atoms with Crippen LogP contribution in [0.5, 0.6) is 0 Å². The highest BCUT2D eigenvalue weighted by atomic mass is 16.5. The monoisotopic (exact) mass is 201 g/mol. The Balaban J connectivity index is 2.05. The molecule has 1 fully saturated rings. The lowest BCUT2D eigenvalue weighted by Gasteiger charge is -2.11. The number of nitrogens with one attached hydrogen (secondary N) is 1. The van der Waals surface area contributed by atoms with E-state index in [1.54, 1.807) is 7.11 Å². The smallest absolute Gasteiger partial charge is 0.306 e. The molecule has 1 aliphatic carbocycles. The van der Waals surface area contributed by atoms with Crippen molar-refractivity contribution in [3.05, 3.63) is 0 Å². The molecule has 1 aliphatic rings. The Hall–Kier alpha value is -0.610. The van der Waals surface area contributed by atoms with Gasteiger partial charge < -0.3 is 14.8 Å². The summed E-state index contributed by atoms with van der Waals surface area (Å²) in [6, 6.07) is 0.504. The number of methoxy groups -OCH3 is 2. The average molecular weight is 201 g/mol. The van der Waals surface area contributed by atoms with Crippen LogP contribution in [0.1, 0.15) is 25.7 Å². The minimum absolute atomic E-state index is 0.154. The van der Waals surface area contributed by atoms with Crippen molar-refractivity contribution in [2.75, 3.05) is 20.8 Å². The van der Waals surface area contributed by atoms with Crippen LogP contribution in [-0.2, 0) is 14.3 Å². The van der Waals surface area contributed by atoms with Crippen molar-refractivity contribution in [1.29, 1.82) is 0 Å². The second kappa shape index (κ2) is 5.98. The summed E-state index contributed by atoms with van der Waals surface area (Å²) in [7, 11) is 3.17. The molecule has 1 N–H and O–H groups in total. The fourth-order valence-corrected chi connectivity index (χ4v) is 1.82. The molecule has 82 valence electrons. The van der Waals surface area contributed by atoms with Crippen LogP contribution in [0.25, 0.3) is 0 Å². The maximum absolute atomic E-state index is 10.8. The van der Waals surface area contributed by atoms with E-state index < -0.39 is 0 Å². The van der Waals surface area contributed by atoms with Gasteiger partial charge in [0.25, 0.3) is 0 Å². The third-order valence-corrected chi connectivity index (χ3v) is 2.71. The number of carbonyl (C=O) groups excluding carboxylic acids is 1. The van der Waals surface area contributed by atoms with Crippen molar-refractivity contribution in [3.8, 4) is 0 Å². The Bertz CT molecular complexity index is 184. The van der Waals surface area contributed by atoms with Gasteiger partial charge in [-0.3, -0.25) is 4.79 Å². The van der Waals surface area contributed by atoms with E-state index in [0.717, 1.165) is 19.3 Å². The standard InChI is InChI=1S/C10H19NO3/c1-13-9-4-3-8(7-9)11-6-5-10(12)14-2/h8-9,11H,3-7H2,1-2H3. The third-order valence-electron chi connectivity index (χ3n) is 2.71. The number of esters is 1. The molecule has 4 nitrogen and oxygen atoms in total. The molecule has 0 aromatic carbocycles. The van der Waals surface area contributed by atoms with Crippen LogP contribution in [-0.4, -0.2) is 38.9 Å². The van der Waals surface area contributed by atoms with Crippen LogP contribution in [0.3, 0.4) is 0 Å². The molecule has 0 spiro atoms. The predicted octanol–water partition coefficient (Wildman–Crippen LogP) is 0.707. The van der Waals surface area contributed by atoms with Crippen molar-refractivity contribution in [3.63, 3.8) is 0 Å². The third kappa shape index (κ3) is 3.64. The van der Waals surface area contributed by atoms with Crippen molar-refractivity contribution in [2.45, 2.75) is 37.8 Å². The molecule has 1 saturated carbocycles. The Kier molecular flexibility index (Phi) is 4.90. The van der Waals surface area contributed by atoms with Gasteiger partial charge in [0.1, 0.15) is 0 Å². The molecule has 2 unspecified atom stereocenters. The van der Waals surface area contributed by atoms with Gasteiger partial charge in [0.05, 0.1) is 19.6 Å². The van der Waals surface area contributed by atoms with E-state index in [9.17, 15) is 4.79 Å². The zero-order chi connectivity index (χ0) is 10.4. The lowest BCUT2D eigenvalue weighted by Crippen LogP contribution is -2.29. The van der Waals surface area contributed by atoms with Crippen LogP contribution in [0, 0.1) is 0 Å². The minimum Gasteiger partial charge on any atom is -0.469 e. The van der Waals surface area contributed by atoms with Crippen LogP contribution in [0.15, 0.2) is 0 Å². The summed E-state index contributed by atoms with van der Waals surface area (Å²) in [5, 5.41) is 3.33. The summed E-state index contributed by atoms with van der Waals surface area (Å²) in [6.07, 6.45) is 4.15. The summed E-state index contributed by atoms with van der Waals surface area (Å²) in [5.74, 6) is -0.154. The Morgan fingerprint density at radius 1 is 1.43 bits per heavy atom. The SMILES string of the molecule is COC(=O)CCNC1CCC(OC)C1. The topological polar surface area (TPSA) is 47.6 Å². The van der Waals surface area contributed by atoms with E-state index in [-0.39, 0.29) is 5.97 Å². The van der Waals surface area contributed by atoms with Crippen molar-refractivity contribution in [1.82, 2.24) is 5.32 Å². The number of carbonyl (C=O) groups is 1. The lowest BCUT2D eigenvalue weighted by atomic mass is 10.2. The van der Waals surface area contributed by atoms with E-state index in [1.807, 2.05) is 0 Å². The largest absolute Gasteiger partial charge is 0.469 e. The van der Waals surface area contributed by atoms with E-state index in [0.29, 0.717) is 25.1 Å². The summed E-state index contributed by atoms with van der Waals surface area (Å²) in [5.41, 5.74) is 0. The maximum Gasteiger partial charge on any atom is 0.306 e. The second-order valence-electron chi connectivity index (χ2n) is 3.65. The molecule has 0 aromatic heterocycles. The first-order valence-electron chi connectivity index (χ1n) is 5.09. The molecule has 0 radical (unpaired) electrons. The molecule has 0 saturated heterocycles. The van der Waals surface area contributed by atoms with Gasteiger partial charge in [0.2, 0.25) is 0 Å². The summed E-state index contributed by atoms with van der Waals surface area (Å²) in [6.45, 7) is 0.702.